The first-order valence-corrected chi connectivity index (χ1v) is 5.95. The molecule has 0 aliphatic heterocycles. The molecule has 0 spiro atoms. The van der Waals surface area contributed by atoms with E-state index in [0.717, 1.165) is 0 Å². The van der Waals surface area contributed by atoms with Gasteiger partial charge in [0.15, 0.2) is 0 Å². The van der Waals surface area contributed by atoms with Crippen molar-refractivity contribution in [1.29, 1.82) is 0 Å². The number of nitrogens with zero attached hydrogens (tertiary/aromatic N) is 2. The van der Waals surface area contributed by atoms with Crippen LogP contribution in [0.3, 0.4) is 0 Å². The number of carbonyl (C=O) groups excluding carboxylic acids is 2. The molecule has 0 aliphatic carbocycles. The van der Waals surface area contributed by atoms with Crippen molar-refractivity contribution >= 4 is 11.9 Å². The monoisotopic (exact) mass is 266 g/mol. The number of esters is 2. The van der Waals surface area contributed by atoms with Crippen LogP contribution in [0, 0.1) is 0 Å². The molecule has 0 saturated heterocycles. The van der Waals surface area contributed by atoms with E-state index in [1.165, 1.54) is 7.11 Å². The Bertz CT molecular complexity index is 448. The van der Waals surface area contributed by atoms with E-state index in [-0.39, 0.29) is 18.2 Å². The molecule has 0 bridgehead atoms. The minimum absolute atomic E-state index is 0.179. The second-order valence-electron chi connectivity index (χ2n) is 3.98. The normalized spacial score (nSPS) is 10.3. The maximum Gasteiger partial charge on any atom is 0.356 e. The van der Waals surface area contributed by atoms with Crippen LogP contribution in [0.25, 0.3) is 0 Å². The lowest BCUT2D eigenvalue weighted by atomic mass is 10.3. The Labute approximate surface area is 112 Å². The summed E-state index contributed by atoms with van der Waals surface area (Å²) in [7, 11) is 3.09. The van der Waals surface area contributed by atoms with Gasteiger partial charge in [0, 0.05) is 6.54 Å². The number of likely N-dealkylation sites (N-methyl/N-ethyl adjacent to an activating group) is 1. The smallest absolute Gasteiger partial charge is 0.356 e. The van der Waals surface area contributed by atoms with Crippen molar-refractivity contribution in [2.24, 2.45) is 0 Å². The van der Waals surface area contributed by atoms with Gasteiger partial charge in [0.05, 0.1) is 26.0 Å². The van der Waals surface area contributed by atoms with Crippen molar-refractivity contribution in [1.82, 2.24) is 9.88 Å². The topological polar surface area (TPSA) is 68.7 Å². The summed E-state index contributed by atoms with van der Waals surface area (Å²) in [6.07, 6.45) is 0. The van der Waals surface area contributed by atoms with Crippen LogP contribution >= 0.6 is 0 Å². The SMILES string of the molecule is CCOC(=O)CN(C)Cc1cccc(C(=O)OC)n1. The molecule has 0 amide bonds. The zero-order chi connectivity index (χ0) is 14.3. The van der Waals surface area contributed by atoms with Gasteiger partial charge in [-0.3, -0.25) is 9.69 Å². The lowest BCUT2D eigenvalue weighted by Gasteiger charge is -2.15. The summed E-state index contributed by atoms with van der Waals surface area (Å²) in [6, 6.07) is 5.10. The Kier molecular flexibility index (Phi) is 5.95. The van der Waals surface area contributed by atoms with Crippen molar-refractivity contribution < 1.29 is 19.1 Å². The van der Waals surface area contributed by atoms with E-state index in [1.807, 2.05) is 0 Å². The minimum atomic E-state index is -0.477. The van der Waals surface area contributed by atoms with Crippen LogP contribution in [0.5, 0.6) is 0 Å². The standard InChI is InChI=1S/C13H18N2O4/c1-4-19-12(16)9-15(2)8-10-6-5-7-11(14-10)13(17)18-3/h5-7H,4,8-9H2,1-3H3. The van der Waals surface area contributed by atoms with Gasteiger partial charge in [-0.05, 0) is 26.1 Å². The second-order valence-corrected chi connectivity index (χ2v) is 3.98. The predicted octanol–water partition coefficient (Wildman–Crippen LogP) is 0.863. The highest BCUT2D eigenvalue weighted by Gasteiger charge is 2.11. The Morgan fingerprint density at radius 3 is 2.74 bits per heavy atom. The van der Waals surface area contributed by atoms with E-state index in [2.05, 4.69) is 9.72 Å². The lowest BCUT2D eigenvalue weighted by molar-refractivity contribution is -0.144. The molecule has 19 heavy (non-hydrogen) atoms. The Morgan fingerprint density at radius 1 is 1.37 bits per heavy atom. The number of hydrogen-bond donors (Lipinski definition) is 0. The molecule has 0 aliphatic rings. The van der Waals surface area contributed by atoms with Crippen molar-refractivity contribution in [3.05, 3.63) is 29.6 Å². The number of aromatic nitrogens is 1. The first-order valence-electron chi connectivity index (χ1n) is 5.95. The van der Waals surface area contributed by atoms with E-state index in [4.69, 9.17) is 4.74 Å². The molecule has 0 radical (unpaired) electrons. The molecule has 104 valence electrons. The summed E-state index contributed by atoms with van der Waals surface area (Å²) >= 11 is 0. The molecule has 6 nitrogen and oxygen atoms in total. The number of methoxy groups -OCH3 is 1. The molecule has 1 aromatic heterocycles. The van der Waals surface area contributed by atoms with E-state index in [0.29, 0.717) is 18.8 Å². The van der Waals surface area contributed by atoms with Gasteiger partial charge in [-0.1, -0.05) is 6.07 Å². The number of rotatable bonds is 6. The summed E-state index contributed by atoms with van der Waals surface area (Å²) in [4.78, 5) is 28.6. The molecule has 0 unspecified atom stereocenters. The molecule has 1 aromatic rings. The third-order valence-electron chi connectivity index (χ3n) is 2.34. The molecular formula is C13H18N2O4. The summed E-state index contributed by atoms with van der Waals surface area (Å²) < 4.78 is 9.46. The van der Waals surface area contributed by atoms with Crippen molar-refractivity contribution in [2.75, 3.05) is 27.3 Å². The highest BCUT2D eigenvalue weighted by molar-refractivity contribution is 5.87. The van der Waals surface area contributed by atoms with Crippen molar-refractivity contribution in [3.63, 3.8) is 0 Å². The van der Waals surface area contributed by atoms with Crippen LogP contribution in [0.1, 0.15) is 23.1 Å². The largest absolute Gasteiger partial charge is 0.465 e. The summed E-state index contributed by atoms with van der Waals surface area (Å²) in [5, 5.41) is 0. The molecule has 6 heteroatoms. The average molecular weight is 266 g/mol. The van der Waals surface area contributed by atoms with Crippen LogP contribution in [-0.4, -0.2) is 49.1 Å². The van der Waals surface area contributed by atoms with Crippen LogP contribution < -0.4 is 0 Å². The van der Waals surface area contributed by atoms with Crippen molar-refractivity contribution in [2.45, 2.75) is 13.5 Å². The van der Waals surface area contributed by atoms with Gasteiger partial charge in [0.1, 0.15) is 5.69 Å². The molecule has 1 heterocycles. The first-order chi connectivity index (χ1) is 9.06. The molecule has 0 aromatic carbocycles. The van der Waals surface area contributed by atoms with Gasteiger partial charge in [0.2, 0.25) is 0 Å². The van der Waals surface area contributed by atoms with E-state index >= 15 is 0 Å². The second kappa shape index (κ2) is 7.48. The summed E-state index contributed by atoms with van der Waals surface area (Å²) in [5.74, 6) is -0.760. The third kappa shape index (κ3) is 5.05. The number of ether oxygens (including phenoxy) is 2. The molecule has 0 atom stereocenters. The Hall–Kier alpha value is -1.95. The molecule has 0 saturated carbocycles. The van der Waals surface area contributed by atoms with E-state index in [1.54, 1.807) is 37.1 Å². The predicted molar refractivity (Wildman–Crippen MR) is 68.5 cm³/mol. The molecular weight excluding hydrogens is 248 g/mol. The van der Waals surface area contributed by atoms with Gasteiger partial charge >= 0.3 is 11.9 Å². The number of pyridine rings is 1. The first kappa shape index (κ1) is 15.1. The third-order valence-corrected chi connectivity index (χ3v) is 2.34. The van der Waals surface area contributed by atoms with Gasteiger partial charge in [-0.15, -0.1) is 0 Å². The van der Waals surface area contributed by atoms with Crippen LogP contribution in [-0.2, 0) is 20.8 Å². The summed E-state index contributed by atoms with van der Waals surface area (Å²) in [5.41, 5.74) is 0.944. The van der Waals surface area contributed by atoms with E-state index in [9.17, 15) is 9.59 Å². The molecule has 0 fully saturated rings. The maximum atomic E-state index is 11.3. The van der Waals surface area contributed by atoms with Gasteiger partial charge in [-0.2, -0.15) is 0 Å². The van der Waals surface area contributed by atoms with Gasteiger partial charge in [-0.25, -0.2) is 9.78 Å². The highest BCUT2D eigenvalue weighted by Crippen LogP contribution is 2.04. The maximum absolute atomic E-state index is 11.3. The zero-order valence-electron chi connectivity index (χ0n) is 11.4. The van der Waals surface area contributed by atoms with Crippen LogP contribution in [0.15, 0.2) is 18.2 Å². The Balaban J connectivity index is 2.61. The molecule has 0 N–H and O–H groups in total. The quantitative estimate of drug-likeness (QED) is 0.711. The molecule has 1 rings (SSSR count). The number of carbonyl (C=O) groups is 2. The van der Waals surface area contributed by atoms with Gasteiger partial charge in [0.25, 0.3) is 0 Å². The fourth-order valence-electron chi connectivity index (χ4n) is 1.55. The van der Waals surface area contributed by atoms with Crippen LogP contribution in [0.4, 0.5) is 0 Å². The van der Waals surface area contributed by atoms with Crippen molar-refractivity contribution in [3.8, 4) is 0 Å². The van der Waals surface area contributed by atoms with E-state index < -0.39 is 5.97 Å². The lowest BCUT2D eigenvalue weighted by Crippen LogP contribution is -2.27. The highest BCUT2D eigenvalue weighted by atomic mass is 16.5. The average Bonchev–Trinajstić information content (AvgIpc) is 2.38. The fraction of sp³-hybridized carbons (Fsp3) is 0.462. The zero-order valence-corrected chi connectivity index (χ0v) is 11.4. The fourth-order valence-corrected chi connectivity index (χ4v) is 1.55. The van der Waals surface area contributed by atoms with Crippen LogP contribution in [0.2, 0.25) is 0 Å². The number of hydrogen-bond acceptors (Lipinski definition) is 6. The minimum Gasteiger partial charge on any atom is -0.465 e. The Morgan fingerprint density at radius 2 is 2.11 bits per heavy atom. The summed E-state index contributed by atoms with van der Waals surface area (Å²) in [6.45, 7) is 2.75. The van der Waals surface area contributed by atoms with Gasteiger partial charge < -0.3 is 9.47 Å².